The van der Waals surface area contributed by atoms with Crippen molar-refractivity contribution in [3.05, 3.63) is 84.1 Å². The van der Waals surface area contributed by atoms with Gasteiger partial charge in [0.15, 0.2) is 5.82 Å². The molecule has 0 bridgehead atoms. The molecule has 1 aliphatic heterocycles. The second-order valence-electron chi connectivity index (χ2n) is 9.86. The maximum absolute atomic E-state index is 5.15. The number of fused-ring (bicyclic) bond motifs is 3. The highest BCUT2D eigenvalue weighted by molar-refractivity contribution is 5.85. The molecule has 34 heavy (non-hydrogen) atoms. The second kappa shape index (κ2) is 7.35. The van der Waals surface area contributed by atoms with Crippen LogP contribution in [0.15, 0.2) is 67.1 Å². The van der Waals surface area contributed by atoms with E-state index >= 15 is 0 Å². The van der Waals surface area contributed by atoms with Gasteiger partial charge in [-0.2, -0.15) is 5.10 Å². The molecule has 0 atom stereocenters. The molecule has 5 aromatic rings. The van der Waals surface area contributed by atoms with E-state index < -0.39 is 0 Å². The van der Waals surface area contributed by atoms with Crippen molar-refractivity contribution in [3.63, 3.8) is 0 Å². The normalized spacial score (nSPS) is 17.0. The fraction of sp³-hybridized carbons (Fsp3) is 0.286. The quantitative estimate of drug-likeness (QED) is 0.381. The van der Waals surface area contributed by atoms with Gasteiger partial charge in [0.1, 0.15) is 5.52 Å². The summed E-state index contributed by atoms with van der Waals surface area (Å²) in [6, 6.07) is 16.9. The number of hydrogen-bond acceptors (Lipinski definition) is 5. The van der Waals surface area contributed by atoms with E-state index in [0.717, 1.165) is 65.1 Å². The summed E-state index contributed by atoms with van der Waals surface area (Å²) in [6.45, 7) is 4.13. The Morgan fingerprint density at radius 1 is 0.882 bits per heavy atom. The topological polar surface area (TPSA) is 59.2 Å². The van der Waals surface area contributed by atoms with E-state index in [1.807, 2.05) is 24.7 Å². The van der Waals surface area contributed by atoms with Crippen LogP contribution in [0.5, 0.6) is 0 Å². The van der Waals surface area contributed by atoms with Gasteiger partial charge in [0.25, 0.3) is 0 Å². The second-order valence-corrected chi connectivity index (χ2v) is 9.86. The fourth-order valence-electron chi connectivity index (χ4n) is 6.02. The lowest BCUT2D eigenvalue weighted by Gasteiger charge is -2.40. The Morgan fingerprint density at radius 2 is 1.74 bits per heavy atom. The number of aryl methyl sites for hydroxylation is 1. The van der Waals surface area contributed by atoms with Crippen molar-refractivity contribution in [2.75, 3.05) is 18.0 Å². The molecule has 1 saturated heterocycles. The van der Waals surface area contributed by atoms with Crippen LogP contribution in [-0.2, 0) is 12.8 Å². The summed E-state index contributed by atoms with van der Waals surface area (Å²) in [5, 5.41) is 5.84. The van der Waals surface area contributed by atoms with Gasteiger partial charge >= 0.3 is 0 Å². The van der Waals surface area contributed by atoms with E-state index in [2.05, 4.69) is 68.8 Å². The van der Waals surface area contributed by atoms with E-state index in [0.29, 0.717) is 5.41 Å². The molecular formula is C28H26N6. The molecule has 0 radical (unpaired) electrons. The zero-order valence-corrected chi connectivity index (χ0v) is 19.3. The number of aromatic nitrogens is 5. The Kier molecular flexibility index (Phi) is 4.25. The average Bonchev–Trinajstić information content (AvgIpc) is 3.48. The summed E-state index contributed by atoms with van der Waals surface area (Å²) in [5.41, 5.74) is 8.32. The summed E-state index contributed by atoms with van der Waals surface area (Å²) in [5.74, 6) is 1.05. The molecule has 0 saturated carbocycles. The van der Waals surface area contributed by atoms with Gasteiger partial charge in [0.05, 0.1) is 23.1 Å². The van der Waals surface area contributed by atoms with Crippen molar-refractivity contribution in [2.45, 2.75) is 32.6 Å². The monoisotopic (exact) mass is 446 g/mol. The van der Waals surface area contributed by atoms with Crippen LogP contribution in [0.2, 0.25) is 0 Å². The first-order chi connectivity index (χ1) is 16.7. The van der Waals surface area contributed by atoms with Crippen molar-refractivity contribution in [1.82, 2.24) is 24.6 Å². The van der Waals surface area contributed by atoms with Crippen LogP contribution in [0.3, 0.4) is 0 Å². The van der Waals surface area contributed by atoms with Crippen molar-refractivity contribution >= 4 is 22.2 Å². The van der Waals surface area contributed by atoms with Gasteiger partial charge < -0.3 is 4.90 Å². The summed E-state index contributed by atoms with van der Waals surface area (Å²) in [4.78, 5) is 16.7. The summed E-state index contributed by atoms with van der Waals surface area (Å²) in [7, 11) is 0. The molecule has 4 aromatic heterocycles. The van der Waals surface area contributed by atoms with Crippen LogP contribution < -0.4 is 4.90 Å². The smallest absolute Gasteiger partial charge is 0.155 e. The third-order valence-corrected chi connectivity index (χ3v) is 7.79. The van der Waals surface area contributed by atoms with Gasteiger partial charge in [-0.3, -0.25) is 9.97 Å². The molecule has 6 nitrogen and oxygen atoms in total. The number of rotatable bonds is 2. The minimum atomic E-state index is 0.359. The van der Waals surface area contributed by atoms with Crippen LogP contribution in [0.1, 0.15) is 29.8 Å². The molecule has 1 fully saturated rings. The third kappa shape index (κ3) is 3.01. The zero-order chi connectivity index (χ0) is 22.7. The van der Waals surface area contributed by atoms with Gasteiger partial charge in [-0.15, -0.1) is 0 Å². The molecule has 6 heteroatoms. The Balaban J connectivity index is 1.22. The van der Waals surface area contributed by atoms with Crippen LogP contribution in [0.25, 0.3) is 27.7 Å². The molecule has 5 heterocycles. The summed E-state index contributed by atoms with van der Waals surface area (Å²) in [6.07, 6.45) is 10.3. The van der Waals surface area contributed by atoms with Gasteiger partial charge in [-0.05, 0) is 73.9 Å². The van der Waals surface area contributed by atoms with Crippen LogP contribution >= 0.6 is 0 Å². The average molecular weight is 447 g/mol. The Labute approximate surface area is 198 Å². The minimum Gasteiger partial charge on any atom is -0.355 e. The number of benzene rings is 1. The molecule has 1 aromatic carbocycles. The fourth-order valence-corrected chi connectivity index (χ4v) is 6.02. The zero-order valence-electron chi connectivity index (χ0n) is 19.3. The van der Waals surface area contributed by atoms with E-state index in [1.54, 1.807) is 0 Å². The van der Waals surface area contributed by atoms with Crippen molar-refractivity contribution in [3.8, 4) is 11.3 Å². The summed E-state index contributed by atoms with van der Waals surface area (Å²) < 4.78 is 2.06. The lowest BCUT2D eigenvalue weighted by Crippen LogP contribution is -2.41. The molecule has 0 N–H and O–H groups in total. The molecule has 168 valence electrons. The highest BCUT2D eigenvalue weighted by Crippen LogP contribution is 2.45. The predicted molar refractivity (Wildman–Crippen MR) is 134 cm³/mol. The molecule has 0 unspecified atom stereocenters. The first kappa shape index (κ1) is 19.6. The number of nitrogens with zero attached hydrogens (tertiary/aromatic N) is 6. The maximum Gasteiger partial charge on any atom is 0.155 e. The first-order valence-corrected chi connectivity index (χ1v) is 12.1. The Hall–Kier alpha value is -3.80. The SMILES string of the molecule is Cc1nc(N2CCC3(CC2)Cc2cccnc2C3)c2ccnn2c1-c1ccc2ncccc2c1. The lowest BCUT2D eigenvalue weighted by molar-refractivity contribution is 0.231. The minimum absolute atomic E-state index is 0.359. The lowest BCUT2D eigenvalue weighted by atomic mass is 9.76. The van der Waals surface area contributed by atoms with Gasteiger partial charge in [0, 0.05) is 42.1 Å². The van der Waals surface area contributed by atoms with Gasteiger partial charge in [0.2, 0.25) is 0 Å². The van der Waals surface area contributed by atoms with Crippen molar-refractivity contribution < 1.29 is 0 Å². The predicted octanol–water partition coefficient (Wildman–Crippen LogP) is 5.03. The third-order valence-electron chi connectivity index (χ3n) is 7.79. The molecule has 7 rings (SSSR count). The Bertz CT molecular complexity index is 1520. The molecule has 0 amide bonds. The van der Waals surface area contributed by atoms with E-state index in [4.69, 9.17) is 10.1 Å². The summed E-state index contributed by atoms with van der Waals surface area (Å²) >= 11 is 0. The van der Waals surface area contributed by atoms with Crippen molar-refractivity contribution in [1.29, 1.82) is 0 Å². The van der Waals surface area contributed by atoms with E-state index in [-0.39, 0.29) is 0 Å². The number of pyridine rings is 2. The molecule has 1 aliphatic carbocycles. The van der Waals surface area contributed by atoms with Crippen LogP contribution in [0.4, 0.5) is 5.82 Å². The van der Waals surface area contributed by atoms with Gasteiger partial charge in [-0.1, -0.05) is 18.2 Å². The highest BCUT2D eigenvalue weighted by Gasteiger charge is 2.41. The van der Waals surface area contributed by atoms with Gasteiger partial charge in [-0.25, -0.2) is 9.50 Å². The van der Waals surface area contributed by atoms with E-state index in [1.165, 1.54) is 24.1 Å². The van der Waals surface area contributed by atoms with Crippen LogP contribution in [-0.4, -0.2) is 37.7 Å². The number of piperidine rings is 1. The standard InChI is InChI=1S/C28H26N6/c1-19-26(21-6-7-23-20(16-21)4-2-11-29-23)34-25(8-13-31-34)27(32-19)33-14-9-28(10-15-33)17-22-5-3-12-30-24(22)18-28/h2-8,11-13,16H,9-10,14-15,17-18H2,1H3. The highest BCUT2D eigenvalue weighted by atomic mass is 15.3. The number of hydrogen-bond donors (Lipinski definition) is 0. The largest absolute Gasteiger partial charge is 0.355 e. The van der Waals surface area contributed by atoms with E-state index in [9.17, 15) is 0 Å². The molecule has 1 spiro atoms. The Morgan fingerprint density at radius 3 is 2.62 bits per heavy atom. The first-order valence-electron chi connectivity index (χ1n) is 12.1. The van der Waals surface area contributed by atoms with Crippen LogP contribution in [0, 0.1) is 12.3 Å². The van der Waals surface area contributed by atoms with Crippen molar-refractivity contribution in [2.24, 2.45) is 5.41 Å². The molecule has 2 aliphatic rings. The molecular weight excluding hydrogens is 420 g/mol. The maximum atomic E-state index is 5.15. The number of anilines is 1.